The smallest absolute Gasteiger partial charge is 0.407 e. The van der Waals surface area contributed by atoms with Crippen molar-refractivity contribution in [2.24, 2.45) is 4.99 Å². The molecule has 1 N–H and O–H groups in total. The Morgan fingerprint density at radius 1 is 1.08 bits per heavy atom. The van der Waals surface area contributed by atoms with Crippen LogP contribution < -0.4 is 15.0 Å². The number of alkyl carbamates (subject to hydrolysis) is 1. The van der Waals surface area contributed by atoms with Gasteiger partial charge in [-0.2, -0.15) is 0 Å². The van der Waals surface area contributed by atoms with Gasteiger partial charge in [0, 0.05) is 16.6 Å². The zero-order chi connectivity index (χ0) is 27.8. The van der Waals surface area contributed by atoms with Crippen LogP contribution in [-0.4, -0.2) is 50.3 Å². The fourth-order valence-electron chi connectivity index (χ4n) is 5.29. The quantitative estimate of drug-likeness (QED) is 0.245. The molecule has 1 unspecified atom stereocenters. The second-order valence-corrected chi connectivity index (χ2v) is 10.5. The van der Waals surface area contributed by atoms with Gasteiger partial charge < -0.3 is 24.4 Å². The fourth-order valence-corrected chi connectivity index (χ4v) is 5.29. The van der Waals surface area contributed by atoms with Crippen LogP contribution in [0.1, 0.15) is 31.9 Å². The van der Waals surface area contributed by atoms with E-state index in [4.69, 9.17) is 19.2 Å². The highest BCUT2D eigenvalue weighted by atomic mass is 16.6. The number of nitrogens with zero attached hydrogens (tertiary/aromatic N) is 2. The van der Waals surface area contributed by atoms with E-state index in [0.717, 1.165) is 33.3 Å². The first-order chi connectivity index (χ1) is 18.6. The average molecular weight is 528 g/mol. The van der Waals surface area contributed by atoms with Crippen molar-refractivity contribution in [3.05, 3.63) is 77.9 Å². The summed E-state index contributed by atoms with van der Waals surface area (Å²) in [5.41, 5.74) is 3.04. The molecule has 0 bridgehead atoms. The summed E-state index contributed by atoms with van der Waals surface area (Å²) < 4.78 is 17.4. The van der Waals surface area contributed by atoms with Crippen molar-refractivity contribution in [2.75, 3.05) is 31.2 Å². The Balaban J connectivity index is 1.36. The van der Waals surface area contributed by atoms with E-state index in [-0.39, 0.29) is 19.8 Å². The van der Waals surface area contributed by atoms with Crippen LogP contribution in [0.2, 0.25) is 0 Å². The molecule has 202 valence electrons. The predicted molar refractivity (Wildman–Crippen MR) is 152 cm³/mol. The van der Waals surface area contributed by atoms with E-state index in [0.29, 0.717) is 17.9 Å². The van der Waals surface area contributed by atoms with Gasteiger partial charge in [0.2, 0.25) is 5.72 Å². The molecule has 39 heavy (non-hydrogen) atoms. The molecule has 1 spiro atoms. The minimum Gasteiger partial charge on any atom is -0.460 e. The van der Waals surface area contributed by atoms with Gasteiger partial charge in [0.1, 0.15) is 24.7 Å². The maximum Gasteiger partial charge on any atom is 0.407 e. The van der Waals surface area contributed by atoms with Gasteiger partial charge in [0.25, 0.3) is 0 Å². The van der Waals surface area contributed by atoms with Gasteiger partial charge >= 0.3 is 12.1 Å². The molecular weight excluding hydrogens is 494 g/mol. The number of benzene rings is 3. The highest BCUT2D eigenvalue weighted by molar-refractivity contribution is 5.99. The summed E-state index contributed by atoms with van der Waals surface area (Å²) >= 11 is 0. The molecule has 2 aliphatic rings. The molecule has 2 heterocycles. The van der Waals surface area contributed by atoms with Crippen LogP contribution in [0.25, 0.3) is 10.8 Å². The first-order valence-electron chi connectivity index (χ1n) is 13.0. The average Bonchev–Trinajstić information content (AvgIpc) is 3.08. The van der Waals surface area contributed by atoms with Crippen LogP contribution in [0, 0.1) is 6.92 Å². The number of aryl methyl sites for hydroxylation is 1. The van der Waals surface area contributed by atoms with Gasteiger partial charge in [0.05, 0.1) is 24.7 Å². The van der Waals surface area contributed by atoms with Crippen LogP contribution >= 0.6 is 0 Å². The standard InChI is InChI=1S/C31H33N3O5/c1-20(2)28(35)37-16-14-32-29(36)38-17-15-34-25-12-10-21(3)18-24(25)30(4,5)31(34)19-33-27-23-9-7-6-8-22(23)11-13-26(27)39-31/h6-13,18-19H,1,14-17H2,2-5H3,(H,32,36). The van der Waals surface area contributed by atoms with Crippen molar-refractivity contribution in [3.8, 4) is 5.75 Å². The van der Waals surface area contributed by atoms with Gasteiger partial charge in [-0.15, -0.1) is 0 Å². The number of hydrogen-bond acceptors (Lipinski definition) is 7. The number of amides is 1. The number of anilines is 1. The molecule has 0 saturated carbocycles. The topological polar surface area (TPSA) is 89.5 Å². The number of hydrogen-bond donors (Lipinski definition) is 1. The molecule has 0 aromatic heterocycles. The summed E-state index contributed by atoms with van der Waals surface area (Å²) in [6.07, 6.45) is 1.31. The Kier molecular flexibility index (Phi) is 6.80. The first kappa shape index (κ1) is 26.3. The highest BCUT2D eigenvalue weighted by Crippen LogP contribution is 2.54. The molecule has 1 atom stereocenters. The molecule has 2 aliphatic heterocycles. The van der Waals surface area contributed by atoms with Crippen LogP contribution in [0.3, 0.4) is 0 Å². The molecule has 3 aromatic carbocycles. The van der Waals surface area contributed by atoms with E-state index in [1.807, 2.05) is 30.5 Å². The molecule has 0 radical (unpaired) electrons. The minimum absolute atomic E-state index is 0.0370. The van der Waals surface area contributed by atoms with Crippen LogP contribution in [-0.2, 0) is 19.7 Å². The maximum atomic E-state index is 12.3. The monoisotopic (exact) mass is 527 g/mol. The minimum atomic E-state index is -0.921. The number of nitrogens with one attached hydrogen (secondary N) is 1. The molecule has 0 saturated heterocycles. The summed E-state index contributed by atoms with van der Waals surface area (Å²) in [5.74, 6) is 0.214. The molecule has 8 nitrogen and oxygen atoms in total. The van der Waals surface area contributed by atoms with Gasteiger partial charge in [-0.1, -0.05) is 54.6 Å². The predicted octanol–water partition coefficient (Wildman–Crippen LogP) is 5.58. The molecule has 0 fully saturated rings. The van der Waals surface area contributed by atoms with Gasteiger partial charge in [-0.05, 0) is 50.8 Å². The van der Waals surface area contributed by atoms with Crippen molar-refractivity contribution < 1.29 is 23.8 Å². The molecule has 3 aromatic rings. The third-order valence-corrected chi connectivity index (χ3v) is 7.41. The van der Waals surface area contributed by atoms with Crippen molar-refractivity contribution >= 4 is 40.4 Å². The number of ether oxygens (including phenoxy) is 3. The van der Waals surface area contributed by atoms with E-state index in [2.05, 4.69) is 67.9 Å². The third-order valence-electron chi connectivity index (χ3n) is 7.41. The number of carbonyl (C=O) groups excluding carboxylic acids is 2. The maximum absolute atomic E-state index is 12.3. The number of aliphatic imine (C=N–C) groups is 1. The van der Waals surface area contributed by atoms with E-state index in [9.17, 15) is 9.59 Å². The zero-order valence-corrected chi connectivity index (χ0v) is 22.7. The van der Waals surface area contributed by atoms with Crippen LogP contribution in [0.4, 0.5) is 16.2 Å². The lowest BCUT2D eigenvalue weighted by Gasteiger charge is -2.46. The summed E-state index contributed by atoms with van der Waals surface area (Å²) in [6, 6.07) is 18.5. The van der Waals surface area contributed by atoms with Crippen molar-refractivity contribution in [2.45, 2.75) is 38.8 Å². The second-order valence-electron chi connectivity index (χ2n) is 10.5. The fraction of sp³-hybridized carbons (Fsp3) is 0.323. The summed E-state index contributed by atoms with van der Waals surface area (Å²) in [7, 11) is 0. The lowest BCUT2D eigenvalue weighted by Crippen LogP contribution is -2.62. The number of fused-ring (bicyclic) bond motifs is 4. The van der Waals surface area contributed by atoms with Crippen LogP contribution in [0.5, 0.6) is 5.75 Å². The normalized spacial score (nSPS) is 18.3. The molecular formula is C31H33N3O5. The highest BCUT2D eigenvalue weighted by Gasteiger charge is 2.59. The van der Waals surface area contributed by atoms with Crippen molar-refractivity contribution in [1.82, 2.24) is 5.32 Å². The number of rotatable bonds is 7. The van der Waals surface area contributed by atoms with E-state index >= 15 is 0 Å². The Morgan fingerprint density at radius 3 is 2.67 bits per heavy atom. The number of esters is 1. The third kappa shape index (κ3) is 4.60. The van der Waals surface area contributed by atoms with E-state index in [1.54, 1.807) is 6.92 Å². The second kappa shape index (κ2) is 10.1. The van der Waals surface area contributed by atoms with Gasteiger partial charge in [0.15, 0.2) is 0 Å². The van der Waals surface area contributed by atoms with Crippen molar-refractivity contribution in [1.29, 1.82) is 0 Å². The SMILES string of the molecule is C=C(C)C(=O)OCCNC(=O)OCCN1c2ccc(C)cc2C(C)(C)C12C=Nc1c(ccc3ccccc13)O2. The van der Waals surface area contributed by atoms with Gasteiger partial charge in [-0.3, -0.25) is 4.99 Å². The first-order valence-corrected chi connectivity index (χ1v) is 13.0. The van der Waals surface area contributed by atoms with Gasteiger partial charge in [-0.25, -0.2) is 9.59 Å². The molecule has 1 amide bonds. The summed E-state index contributed by atoms with van der Waals surface area (Å²) in [5, 5.41) is 4.74. The molecule has 0 aliphatic carbocycles. The summed E-state index contributed by atoms with van der Waals surface area (Å²) in [4.78, 5) is 30.9. The van der Waals surface area contributed by atoms with Crippen LogP contribution in [0.15, 0.2) is 71.7 Å². The molecule has 8 heteroatoms. The van der Waals surface area contributed by atoms with E-state index in [1.165, 1.54) is 0 Å². The van der Waals surface area contributed by atoms with E-state index < -0.39 is 23.2 Å². The Bertz CT molecular complexity index is 1490. The lowest BCUT2D eigenvalue weighted by molar-refractivity contribution is -0.138. The largest absolute Gasteiger partial charge is 0.460 e. The Morgan fingerprint density at radius 2 is 1.87 bits per heavy atom. The Labute approximate surface area is 228 Å². The summed E-state index contributed by atoms with van der Waals surface area (Å²) in [6.45, 7) is 12.2. The van der Waals surface area contributed by atoms with Crippen molar-refractivity contribution in [3.63, 3.8) is 0 Å². The number of carbonyl (C=O) groups is 2. The lowest BCUT2D eigenvalue weighted by atomic mass is 9.77. The zero-order valence-electron chi connectivity index (χ0n) is 22.7. The Hall–Kier alpha value is -4.33. The molecule has 5 rings (SSSR count).